The van der Waals surface area contributed by atoms with Gasteiger partial charge in [-0.15, -0.1) is 11.3 Å². The van der Waals surface area contributed by atoms with Gasteiger partial charge in [-0.2, -0.15) is 0 Å². The lowest BCUT2D eigenvalue weighted by Crippen LogP contribution is -2.39. The van der Waals surface area contributed by atoms with E-state index in [2.05, 4.69) is 10.6 Å². The fourth-order valence-corrected chi connectivity index (χ4v) is 7.02. The van der Waals surface area contributed by atoms with Crippen LogP contribution in [0.25, 0.3) is 26.3 Å². The van der Waals surface area contributed by atoms with E-state index in [1.54, 1.807) is 68.6 Å². The largest absolute Gasteiger partial charge is 0.338 e. The number of fused-ring (bicyclic) bond motifs is 1. The first-order valence-electron chi connectivity index (χ1n) is 15.3. The summed E-state index contributed by atoms with van der Waals surface area (Å²) in [6.45, 7) is 2.42. The third-order valence-corrected chi connectivity index (χ3v) is 10.6. The lowest BCUT2D eigenvalue weighted by molar-refractivity contribution is 0.252. The van der Waals surface area contributed by atoms with Gasteiger partial charge in [0.15, 0.2) is 0 Å². The van der Waals surface area contributed by atoms with Gasteiger partial charge in [-0.1, -0.05) is 36.4 Å². The van der Waals surface area contributed by atoms with Crippen molar-refractivity contribution in [1.29, 1.82) is 0 Å². The molecule has 5 rings (SSSR count). The molecule has 0 bridgehead atoms. The van der Waals surface area contributed by atoms with Crippen LogP contribution in [0.5, 0.6) is 0 Å². The Kier molecular flexibility index (Phi) is 10.8. The van der Waals surface area contributed by atoms with Crippen LogP contribution in [0, 0.1) is 11.6 Å². The minimum absolute atomic E-state index is 0.169. The standard InChI is InChI=1S/C34H36F2N6O5S2/c1-5-37-33(44)38-23-16-14-22(15-17-23)30-26(20-39(2)18-19-40(3)49(4,46)47)29-31(43)42(24-10-7-6-8-11-24)34(45)41(32(29)48-30)21-25-27(35)12-9-13-28(25)36/h6-17H,5,18-21H2,1-4H3,(H2,37,38,44). The highest BCUT2D eigenvalue weighted by Crippen LogP contribution is 2.38. The Labute approximate surface area is 286 Å². The second-order valence-electron chi connectivity index (χ2n) is 11.5. The monoisotopic (exact) mass is 710 g/mol. The zero-order chi connectivity index (χ0) is 35.5. The van der Waals surface area contributed by atoms with Crippen LogP contribution < -0.4 is 21.9 Å². The molecule has 11 nitrogen and oxygen atoms in total. The van der Waals surface area contributed by atoms with Crippen molar-refractivity contribution >= 4 is 43.3 Å². The fraction of sp³-hybridized carbons (Fsp3) is 0.265. The molecule has 0 saturated heterocycles. The molecule has 2 N–H and O–H groups in total. The smallest absolute Gasteiger partial charge is 0.337 e. The number of anilines is 1. The number of carbonyl (C=O) groups excluding carboxylic acids is 1. The van der Waals surface area contributed by atoms with E-state index in [4.69, 9.17) is 0 Å². The van der Waals surface area contributed by atoms with E-state index in [-0.39, 0.29) is 40.6 Å². The van der Waals surface area contributed by atoms with E-state index >= 15 is 0 Å². The molecule has 2 heterocycles. The van der Waals surface area contributed by atoms with Crippen molar-refractivity contribution in [2.75, 3.05) is 45.3 Å². The second kappa shape index (κ2) is 14.8. The maximum Gasteiger partial charge on any atom is 0.337 e. The third kappa shape index (κ3) is 7.80. The summed E-state index contributed by atoms with van der Waals surface area (Å²) in [5.74, 6) is -1.67. The van der Waals surface area contributed by atoms with Gasteiger partial charge in [-0.05, 0) is 61.5 Å². The van der Waals surface area contributed by atoms with Crippen LogP contribution in [0.2, 0.25) is 0 Å². The van der Waals surface area contributed by atoms with Gasteiger partial charge in [0.1, 0.15) is 16.5 Å². The molecule has 0 fully saturated rings. The van der Waals surface area contributed by atoms with Gasteiger partial charge in [0.2, 0.25) is 10.0 Å². The molecule has 5 aromatic rings. The molecule has 2 aromatic heterocycles. The van der Waals surface area contributed by atoms with Crippen molar-refractivity contribution in [2.45, 2.75) is 20.0 Å². The third-order valence-electron chi connectivity index (χ3n) is 8.00. The number of sulfonamides is 1. The molecular weight excluding hydrogens is 675 g/mol. The number of nitrogens with one attached hydrogen (secondary N) is 2. The number of carbonyl (C=O) groups is 1. The number of nitrogens with zero attached hydrogens (tertiary/aromatic N) is 4. The number of benzene rings is 3. The van der Waals surface area contributed by atoms with Crippen LogP contribution in [-0.2, 0) is 23.1 Å². The number of hydrogen-bond donors (Lipinski definition) is 2. The molecule has 258 valence electrons. The first kappa shape index (κ1) is 35.6. The highest BCUT2D eigenvalue weighted by molar-refractivity contribution is 7.88. The average Bonchev–Trinajstić information content (AvgIpc) is 3.42. The number of aromatic nitrogens is 2. The Morgan fingerprint density at radius 2 is 1.55 bits per heavy atom. The SMILES string of the molecule is CCNC(=O)Nc1ccc(-c2sc3c(c2CN(C)CCN(C)S(C)(=O)=O)c(=O)n(-c2ccccc2)c(=O)n3Cc2c(F)cccc2F)cc1. The number of likely N-dealkylation sites (N-methyl/N-ethyl adjacent to an activating group) is 2. The van der Waals surface area contributed by atoms with E-state index in [1.165, 1.54) is 22.0 Å². The number of urea groups is 1. The number of thiophene rings is 1. The Morgan fingerprint density at radius 1 is 0.898 bits per heavy atom. The van der Waals surface area contributed by atoms with E-state index in [1.807, 2.05) is 4.90 Å². The lowest BCUT2D eigenvalue weighted by Gasteiger charge is -2.21. The minimum atomic E-state index is -3.43. The van der Waals surface area contributed by atoms with Gasteiger partial charge in [0, 0.05) is 49.4 Å². The van der Waals surface area contributed by atoms with Gasteiger partial charge in [-0.25, -0.2) is 35.7 Å². The number of amides is 2. The second-order valence-corrected chi connectivity index (χ2v) is 14.6. The van der Waals surface area contributed by atoms with Crippen LogP contribution in [0.3, 0.4) is 0 Å². The quantitative estimate of drug-likeness (QED) is 0.194. The van der Waals surface area contributed by atoms with Gasteiger partial charge < -0.3 is 15.5 Å². The predicted molar refractivity (Wildman–Crippen MR) is 189 cm³/mol. The highest BCUT2D eigenvalue weighted by atomic mass is 32.2. The Bertz CT molecular complexity index is 2200. The predicted octanol–water partition coefficient (Wildman–Crippen LogP) is 4.67. The molecule has 0 radical (unpaired) electrons. The van der Waals surface area contributed by atoms with E-state index in [0.717, 1.165) is 34.3 Å². The average molecular weight is 711 g/mol. The molecule has 0 unspecified atom stereocenters. The fourth-order valence-electron chi connectivity index (χ4n) is 5.31. The van der Waals surface area contributed by atoms with E-state index < -0.39 is 39.5 Å². The molecule has 0 aliphatic rings. The summed E-state index contributed by atoms with van der Waals surface area (Å²) in [6.07, 6.45) is 1.12. The van der Waals surface area contributed by atoms with Crippen LogP contribution >= 0.6 is 11.3 Å². The first-order chi connectivity index (χ1) is 23.3. The molecule has 0 atom stereocenters. The maximum absolute atomic E-state index is 15.0. The van der Waals surface area contributed by atoms with Crippen LogP contribution in [0.4, 0.5) is 19.3 Å². The molecule has 3 aromatic carbocycles. The van der Waals surface area contributed by atoms with Gasteiger partial charge >= 0.3 is 11.7 Å². The minimum Gasteiger partial charge on any atom is -0.338 e. The Balaban J connectivity index is 1.75. The first-order valence-corrected chi connectivity index (χ1v) is 18.0. The summed E-state index contributed by atoms with van der Waals surface area (Å²) in [4.78, 5) is 43.4. The van der Waals surface area contributed by atoms with Gasteiger partial charge in [-0.3, -0.25) is 9.36 Å². The number of halogens is 2. The van der Waals surface area contributed by atoms with Crippen LogP contribution in [0.1, 0.15) is 18.1 Å². The van der Waals surface area contributed by atoms with Crippen LogP contribution in [-0.4, -0.2) is 72.8 Å². The van der Waals surface area contributed by atoms with Crippen molar-refractivity contribution in [3.63, 3.8) is 0 Å². The van der Waals surface area contributed by atoms with Crippen molar-refractivity contribution in [1.82, 2.24) is 23.7 Å². The van der Waals surface area contributed by atoms with Crippen molar-refractivity contribution < 1.29 is 22.0 Å². The number of para-hydroxylation sites is 1. The van der Waals surface area contributed by atoms with Crippen molar-refractivity contribution in [2.24, 2.45) is 0 Å². The van der Waals surface area contributed by atoms with Gasteiger partial charge in [0.05, 0.1) is 23.9 Å². The van der Waals surface area contributed by atoms with Crippen LogP contribution in [0.15, 0.2) is 82.4 Å². The van der Waals surface area contributed by atoms with Gasteiger partial charge in [0.25, 0.3) is 5.56 Å². The van der Waals surface area contributed by atoms with E-state index in [0.29, 0.717) is 34.8 Å². The summed E-state index contributed by atoms with van der Waals surface area (Å²) < 4.78 is 57.5. The summed E-state index contributed by atoms with van der Waals surface area (Å²) in [5.41, 5.74) is 0.316. The molecule has 15 heteroatoms. The summed E-state index contributed by atoms with van der Waals surface area (Å²) in [7, 11) is -0.174. The van der Waals surface area contributed by atoms with E-state index in [9.17, 15) is 31.6 Å². The maximum atomic E-state index is 15.0. The lowest BCUT2D eigenvalue weighted by atomic mass is 10.1. The summed E-state index contributed by atoms with van der Waals surface area (Å²) in [5, 5.41) is 5.60. The Morgan fingerprint density at radius 3 is 2.16 bits per heavy atom. The topological polar surface area (TPSA) is 126 Å². The van der Waals surface area contributed by atoms with Crippen molar-refractivity contribution in [3.8, 4) is 16.1 Å². The molecule has 2 amide bonds. The summed E-state index contributed by atoms with van der Waals surface area (Å²) in [6, 6.07) is 18.3. The summed E-state index contributed by atoms with van der Waals surface area (Å²) >= 11 is 1.14. The molecule has 0 aliphatic carbocycles. The molecule has 49 heavy (non-hydrogen) atoms. The molecular formula is C34H36F2N6O5S2. The number of hydrogen-bond acceptors (Lipinski definition) is 7. The molecule has 0 saturated carbocycles. The highest BCUT2D eigenvalue weighted by Gasteiger charge is 2.26. The number of rotatable bonds is 12. The zero-order valence-corrected chi connectivity index (χ0v) is 29.0. The molecule has 0 spiro atoms. The Hall–Kier alpha value is -4.70. The zero-order valence-electron chi connectivity index (χ0n) is 27.4. The normalized spacial score (nSPS) is 11.8. The van der Waals surface area contributed by atoms with Crippen molar-refractivity contribution in [3.05, 3.63) is 116 Å². The molecule has 0 aliphatic heterocycles.